The summed E-state index contributed by atoms with van der Waals surface area (Å²) in [5, 5.41) is 11.2. The smallest absolute Gasteiger partial charge is 0.323 e. The number of nitrogens with zero attached hydrogens (tertiary/aromatic N) is 1. The van der Waals surface area contributed by atoms with Gasteiger partial charge in [-0.25, -0.2) is 0 Å². The van der Waals surface area contributed by atoms with Crippen LogP contribution >= 0.6 is 0 Å². The summed E-state index contributed by atoms with van der Waals surface area (Å²) >= 11 is 0. The standard InChI is InChI=1S/C30H30N2O4/c1-2-8-24-28(14-13-22-19-25(31-30(22)24)21-9-4-3-5-10-21)36-18-7-17-35-27-12-6-11-26-23(27)15-16-32(26)20-29(33)34/h3-6,9-16,19,31H,2,7-8,17-18,20H2,1H3,(H,33,34). The normalized spacial score (nSPS) is 11.2. The average molecular weight is 483 g/mol. The zero-order valence-corrected chi connectivity index (χ0v) is 20.4. The molecule has 0 bridgehead atoms. The molecule has 2 aromatic heterocycles. The Bertz CT molecular complexity index is 1480. The Morgan fingerprint density at radius 1 is 0.944 bits per heavy atom. The number of aromatic nitrogens is 2. The number of carboxylic acids is 1. The van der Waals surface area contributed by atoms with Crippen LogP contribution < -0.4 is 9.47 Å². The van der Waals surface area contributed by atoms with Gasteiger partial charge in [-0.2, -0.15) is 0 Å². The van der Waals surface area contributed by atoms with Crippen LogP contribution in [-0.4, -0.2) is 33.8 Å². The van der Waals surface area contributed by atoms with Crippen LogP contribution in [0.3, 0.4) is 0 Å². The van der Waals surface area contributed by atoms with E-state index in [0.717, 1.165) is 52.9 Å². The van der Waals surface area contributed by atoms with Gasteiger partial charge in [0.25, 0.3) is 0 Å². The first-order valence-electron chi connectivity index (χ1n) is 12.4. The van der Waals surface area contributed by atoms with Gasteiger partial charge in [0, 0.05) is 34.6 Å². The third-order valence-electron chi connectivity index (χ3n) is 6.33. The van der Waals surface area contributed by atoms with Gasteiger partial charge in [-0.05, 0) is 48.4 Å². The highest BCUT2D eigenvalue weighted by Crippen LogP contribution is 2.33. The molecule has 184 valence electrons. The van der Waals surface area contributed by atoms with Crippen LogP contribution in [0.15, 0.2) is 79.0 Å². The molecule has 2 N–H and O–H groups in total. The van der Waals surface area contributed by atoms with E-state index < -0.39 is 5.97 Å². The molecule has 0 spiro atoms. The minimum Gasteiger partial charge on any atom is -0.493 e. The molecular formula is C30H30N2O4. The van der Waals surface area contributed by atoms with E-state index in [1.807, 2.05) is 30.3 Å². The highest BCUT2D eigenvalue weighted by molar-refractivity contribution is 5.90. The van der Waals surface area contributed by atoms with Crippen LogP contribution in [0.2, 0.25) is 0 Å². The van der Waals surface area contributed by atoms with E-state index in [2.05, 4.69) is 54.4 Å². The van der Waals surface area contributed by atoms with Crippen molar-refractivity contribution >= 4 is 27.8 Å². The van der Waals surface area contributed by atoms with Gasteiger partial charge in [0.05, 0.1) is 24.2 Å². The second kappa shape index (κ2) is 10.6. The van der Waals surface area contributed by atoms with Gasteiger partial charge >= 0.3 is 5.97 Å². The van der Waals surface area contributed by atoms with Crippen LogP contribution in [0.25, 0.3) is 33.1 Å². The molecule has 2 heterocycles. The molecule has 0 saturated heterocycles. The van der Waals surface area contributed by atoms with E-state index in [9.17, 15) is 4.79 Å². The highest BCUT2D eigenvalue weighted by Gasteiger charge is 2.13. The average Bonchev–Trinajstić information content (AvgIpc) is 3.50. The summed E-state index contributed by atoms with van der Waals surface area (Å²) in [6.07, 6.45) is 4.48. The zero-order chi connectivity index (χ0) is 24.9. The molecule has 0 atom stereocenters. The maximum atomic E-state index is 11.1. The molecule has 3 aromatic carbocycles. The van der Waals surface area contributed by atoms with E-state index >= 15 is 0 Å². The molecule has 0 unspecified atom stereocenters. The quantitative estimate of drug-likeness (QED) is 0.206. The van der Waals surface area contributed by atoms with Crippen molar-refractivity contribution in [3.05, 3.63) is 84.6 Å². The number of aliphatic carboxylic acids is 1. The fourth-order valence-corrected chi connectivity index (χ4v) is 4.68. The summed E-state index contributed by atoms with van der Waals surface area (Å²) in [7, 11) is 0. The van der Waals surface area contributed by atoms with Crippen molar-refractivity contribution in [1.29, 1.82) is 0 Å². The summed E-state index contributed by atoms with van der Waals surface area (Å²) < 4.78 is 14.0. The number of ether oxygens (including phenoxy) is 2. The van der Waals surface area contributed by atoms with E-state index in [-0.39, 0.29) is 6.54 Å². The van der Waals surface area contributed by atoms with Crippen molar-refractivity contribution in [2.45, 2.75) is 32.7 Å². The minimum atomic E-state index is -0.868. The van der Waals surface area contributed by atoms with Crippen LogP contribution in [0.4, 0.5) is 0 Å². The van der Waals surface area contributed by atoms with Gasteiger partial charge in [-0.1, -0.05) is 49.7 Å². The first-order valence-corrected chi connectivity index (χ1v) is 12.4. The third kappa shape index (κ3) is 4.93. The molecule has 5 rings (SSSR count). The molecular weight excluding hydrogens is 452 g/mol. The van der Waals surface area contributed by atoms with Gasteiger partial charge in [-0.3, -0.25) is 4.79 Å². The van der Waals surface area contributed by atoms with Crippen molar-refractivity contribution in [2.24, 2.45) is 0 Å². The van der Waals surface area contributed by atoms with E-state index in [0.29, 0.717) is 13.2 Å². The zero-order valence-electron chi connectivity index (χ0n) is 20.4. The molecule has 6 nitrogen and oxygen atoms in total. The maximum absolute atomic E-state index is 11.1. The summed E-state index contributed by atoms with van der Waals surface area (Å²) in [5.41, 5.74) is 5.48. The molecule has 6 heteroatoms. The predicted molar refractivity (Wildman–Crippen MR) is 143 cm³/mol. The fourth-order valence-electron chi connectivity index (χ4n) is 4.68. The van der Waals surface area contributed by atoms with Gasteiger partial charge in [-0.15, -0.1) is 0 Å². The number of fused-ring (bicyclic) bond motifs is 2. The monoisotopic (exact) mass is 482 g/mol. The number of carboxylic acid groups (broad SMARTS) is 1. The van der Waals surface area contributed by atoms with Crippen molar-refractivity contribution in [1.82, 2.24) is 9.55 Å². The number of aromatic amines is 1. The number of hydrogen-bond acceptors (Lipinski definition) is 3. The van der Waals surface area contributed by atoms with Crippen molar-refractivity contribution in [3.8, 4) is 22.8 Å². The van der Waals surface area contributed by atoms with Gasteiger partial charge < -0.3 is 24.1 Å². The predicted octanol–water partition coefficient (Wildman–Crippen LogP) is 6.67. The van der Waals surface area contributed by atoms with Crippen LogP contribution in [0.1, 0.15) is 25.3 Å². The highest BCUT2D eigenvalue weighted by atomic mass is 16.5. The Hall–Kier alpha value is -4.19. The summed E-state index contributed by atoms with van der Waals surface area (Å²) in [6.45, 7) is 3.17. The molecule has 5 aromatic rings. The maximum Gasteiger partial charge on any atom is 0.323 e. The molecule has 36 heavy (non-hydrogen) atoms. The SMILES string of the molecule is CCCc1c(OCCCOc2cccc3c2ccn3CC(=O)O)ccc2cc(-c3ccccc3)[nH]c12. The van der Waals surface area contributed by atoms with Gasteiger partial charge in [0.1, 0.15) is 18.0 Å². The number of aryl methyl sites for hydroxylation is 1. The summed E-state index contributed by atoms with van der Waals surface area (Å²) in [4.78, 5) is 14.7. The topological polar surface area (TPSA) is 76.5 Å². The number of carbonyl (C=O) groups is 1. The third-order valence-corrected chi connectivity index (χ3v) is 6.33. The van der Waals surface area contributed by atoms with E-state index in [1.54, 1.807) is 10.8 Å². The van der Waals surface area contributed by atoms with Crippen LogP contribution in [0, 0.1) is 0 Å². The largest absolute Gasteiger partial charge is 0.493 e. The Kier molecular flexibility index (Phi) is 6.94. The molecule has 0 saturated carbocycles. The lowest BCUT2D eigenvalue weighted by atomic mass is 10.1. The van der Waals surface area contributed by atoms with Crippen molar-refractivity contribution in [2.75, 3.05) is 13.2 Å². The number of nitrogens with one attached hydrogen (secondary N) is 1. The van der Waals surface area contributed by atoms with E-state index in [4.69, 9.17) is 14.6 Å². The summed E-state index contributed by atoms with van der Waals surface area (Å²) in [6, 6.07) is 24.4. The molecule has 0 aliphatic heterocycles. The van der Waals surface area contributed by atoms with Crippen LogP contribution in [-0.2, 0) is 17.8 Å². The van der Waals surface area contributed by atoms with Gasteiger partial charge in [0.2, 0.25) is 0 Å². The number of rotatable bonds is 11. The first-order chi connectivity index (χ1) is 17.6. The number of H-pyrrole nitrogens is 1. The van der Waals surface area contributed by atoms with Crippen molar-refractivity contribution in [3.63, 3.8) is 0 Å². The second-order valence-electron chi connectivity index (χ2n) is 8.88. The number of benzene rings is 3. The van der Waals surface area contributed by atoms with Gasteiger partial charge in [0.15, 0.2) is 0 Å². The Labute approximate surface area is 210 Å². The lowest BCUT2D eigenvalue weighted by molar-refractivity contribution is -0.137. The second-order valence-corrected chi connectivity index (χ2v) is 8.88. The molecule has 0 amide bonds. The minimum absolute atomic E-state index is 0.0706. The molecule has 0 radical (unpaired) electrons. The lowest BCUT2D eigenvalue weighted by Gasteiger charge is -2.13. The molecule has 0 aliphatic carbocycles. The summed E-state index contributed by atoms with van der Waals surface area (Å²) in [5.74, 6) is 0.801. The van der Waals surface area contributed by atoms with E-state index in [1.165, 1.54) is 16.5 Å². The number of hydrogen-bond donors (Lipinski definition) is 2. The fraction of sp³-hybridized carbons (Fsp3) is 0.233. The Morgan fingerprint density at radius 3 is 2.53 bits per heavy atom. The molecule has 0 aliphatic rings. The Balaban J connectivity index is 1.24. The van der Waals surface area contributed by atoms with Crippen LogP contribution in [0.5, 0.6) is 11.5 Å². The Morgan fingerprint density at radius 2 is 1.75 bits per heavy atom. The lowest BCUT2D eigenvalue weighted by Crippen LogP contribution is -2.07. The first kappa shape index (κ1) is 23.5. The van der Waals surface area contributed by atoms with Crippen molar-refractivity contribution < 1.29 is 19.4 Å². The molecule has 0 fully saturated rings.